The number of ether oxygens (including phenoxy) is 1. The summed E-state index contributed by atoms with van der Waals surface area (Å²) in [6, 6.07) is 10.1. The molecule has 1 aromatic carbocycles. The Morgan fingerprint density at radius 1 is 1.00 bits per heavy atom. The lowest BCUT2D eigenvalue weighted by Crippen LogP contribution is -2.52. The molecule has 0 atom stereocenters. The van der Waals surface area contributed by atoms with Crippen LogP contribution in [0.3, 0.4) is 0 Å². The summed E-state index contributed by atoms with van der Waals surface area (Å²) in [6.45, 7) is 3.62. The molecular weight excluding hydrogens is 334 g/mol. The lowest BCUT2D eigenvalue weighted by molar-refractivity contribution is -0.143. The molecule has 2 heterocycles. The highest BCUT2D eigenvalue weighted by Crippen LogP contribution is 2.16. The Hall–Kier alpha value is -2.41. The van der Waals surface area contributed by atoms with Gasteiger partial charge in [0.25, 0.3) is 5.91 Å². The molecule has 0 aliphatic carbocycles. The minimum absolute atomic E-state index is 0.126. The van der Waals surface area contributed by atoms with Gasteiger partial charge in [-0.05, 0) is 25.0 Å². The molecule has 0 aromatic heterocycles. The van der Waals surface area contributed by atoms with Gasteiger partial charge in [-0.1, -0.05) is 18.2 Å². The van der Waals surface area contributed by atoms with Crippen LogP contribution in [0.4, 0.5) is 5.69 Å². The van der Waals surface area contributed by atoms with E-state index in [1.54, 1.807) is 4.90 Å². The summed E-state index contributed by atoms with van der Waals surface area (Å²) in [6.07, 6.45) is 1.14. The van der Waals surface area contributed by atoms with E-state index in [0.717, 1.165) is 18.8 Å². The number of carbonyl (C=O) groups is 3. The second-order valence-electron chi connectivity index (χ2n) is 6.64. The van der Waals surface area contributed by atoms with Crippen LogP contribution in [0.2, 0.25) is 0 Å². The summed E-state index contributed by atoms with van der Waals surface area (Å²) in [5.41, 5.74) is 1.15. The van der Waals surface area contributed by atoms with E-state index in [1.165, 1.54) is 0 Å². The first-order valence-corrected chi connectivity index (χ1v) is 9.12. The Kier molecular flexibility index (Phi) is 6.22. The van der Waals surface area contributed by atoms with Gasteiger partial charge in [0.05, 0.1) is 6.54 Å². The molecule has 2 saturated heterocycles. The van der Waals surface area contributed by atoms with Crippen LogP contribution in [0.15, 0.2) is 30.3 Å². The van der Waals surface area contributed by atoms with E-state index >= 15 is 0 Å². The molecule has 7 heteroatoms. The van der Waals surface area contributed by atoms with Crippen molar-refractivity contribution >= 4 is 23.3 Å². The summed E-state index contributed by atoms with van der Waals surface area (Å²) >= 11 is 0. The molecule has 0 saturated carbocycles. The van der Waals surface area contributed by atoms with E-state index in [-0.39, 0.29) is 18.4 Å². The second kappa shape index (κ2) is 8.80. The van der Waals surface area contributed by atoms with Crippen LogP contribution in [-0.2, 0) is 19.1 Å². The summed E-state index contributed by atoms with van der Waals surface area (Å²) in [5, 5.41) is 2.49. The van der Waals surface area contributed by atoms with Crippen molar-refractivity contribution in [3.05, 3.63) is 30.3 Å². The summed E-state index contributed by atoms with van der Waals surface area (Å²) in [5.74, 6) is -1.53. The van der Waals surface area contributed by atoms with Gasteiger partial charge in [-0.3, -0.25) is 14.4 Å². The Labute approximate surface area is 153 Å². The highest BCUT2D eigenvalue weighted by molar-refractivity contribution is 6.37. The maximum Gasteiger partial charge on any atom is 0.288 e. The van der Waals surface area contributed by atoms with Crippen LogP contribution in [0.5, 0.6) is 0 Å². The number of amides is 2. The number of benzene rings is 1. The fraction of sp³-hybridized carbons (Fsp3) is 0.526. The quantitative estimate of drug-likeness (QED) is 0.772. The number of hydrogen-bond donors (Lipinski definition) is 1. The average Bonchev–Trinajstić information content (AvgIpc) is 2.72. The predicted octanol–water partition coefficient (Wildman–Crippen LogP) is 0.447. The van der Waals surface area contributed by atoms with Gasteiger partial charge >= 0.3 is 0 Å². The van der Waals surface area contributed by atoms with Crippen molar-refractivity contribution in [3.63, 3.8) is 0 Å². The molecule has 1 N–H and O–H groups in total. The van der Waals surface area contributed by atoms with Gasteiger partial charge in [0.2, 0.25) is 11.7 Å². The number of piperazine rings is 1. The van der Waals surface area contributed by atoms with Crippen molar-refractivity contribution in [2.45, 2.75) is 12.8 Å². The number of nitrogens with one attached hydrogen (secondary N) is 1. The molecule has 7 nitrogen and oxygen atoms in total. The number of Topliss-reactive ketones (excluding diaryl/α,β-unsaturated/α-hetero) is 1. The SMILES string of the molecule is O=C(NCC(=O)N1CCN(c2ccccc2)CC1)C(=O)C1CCOCC1. The van der Waals surface area contributed by atoms with Crippen molar-refractivity contribution in [1.82, 2.24) is 10.2 Å². The maximum absolute atomic E-state index is 12.3. The largest absolute Gasteiger partial charge is 0.381 e. The molecule has 140 valence electrons. The Morgan fingerprint density at radius 2 is 1.65 bits per heavy atom. The van der Waals surface area contributed by atoms with Crippen LogP contribution in [0.25, 0.3) is 0 Å². The van der Waals surface area contributed by atoms with Crippen LogP contribution in [0.1, 0.15) is 12.8 Å². The lowest BCUT2D eigenvalue weighted by atomic mass is 9.95. The van der Waals surface area contributed by atoms with Gasteiger partial charge in [0, 0.05) is 51.0 Å². The van der Waals surface area contributed by atoms with Crippen molar-refractivity contribution < 1.29 is 19.1 Å². The number of anilines is 1. The molecule has 0 radical (unpaired) electrons. The van der Waals surface area contributed by atoms with E-state index in [2.05, 4.69) is 22.3 Å². The highest BCUT2D eigenvalue weighted by Gasteiger charge is 2.28. The molecular formula is C19H25N3O4. The lowest BCUT2D eigenvalue weighted by Gasteiger charge is -2.36. The zero-order valence-electron chi connectivity index (χ0n) is 14.9. The van der Waals surface area contributed by atoms with Gasteiger partial charge < -0.3 is 19.9 Å². The smallest absolute Gasteiger partial charge is 0.288 e. The minimum Gasteiger partial charge on any atom is -0.381 e. The van der Waals surface area contributed by atoms with Gasteiger partial charge in [0.15, 0.2) is 0 Å². The molecule has 0 unspecified atom stereocenters. The predicted molar refractivity (Wildman–Crippen MR) is 96.8 cm³/mol. The summed E-state index contributed by atoms with van der Waals surface area (Å²) in [4.78, 5) is 40.3. The molecule has 1 aromatic rings. The molecule has 3 rings (SSSR count). The van der Waals surface area contributed by atoms with Gasteiger partial charge in [-0.2, -0.15) is 0 Å². The summed E-state index contributed by atoms with van der Waals surface area (Å²) in [7, 11) is 0. The number of nitrogens with zero attached hydrogens (tertiary/aromatic N) is 2. The second-order valence-corrected chi connectivity index (χ2v) is 6.64. The first-order valence-electron chi connectivity index (χ1n) is 9.12. The number of rotatable bonds is 5. The van der Waals surface area contributed by atoms with E-state index < -0.39 is 11.7 Å². The first kappa shape index (κ1) is 18.4. The monoisotopic (exact) mass is 359 g/mol. The Bertz CT molecular complexity index is 635. The molecule has 0 spiro atoms. The Balaban J connectivity index is 1.41. The van der Waals surface area contributed by atoms with Gasteiger partial charge in [-0.25, -0.2) is 0 Å². The topological polar surface area (TPSA) is 79.0 Å². The summed E-state index contributed by atoms with van der Waals surface area (Å²) < 4.78 is 5.20. The van der Waals surface area contributed by atoms with Gasteiger partial charge in [-0.15, -0.1) is 0 Å². The van der Waals surface area contributed by atoms with Crippen molar-refractivity contribution in [3.8, 4) is 0 Å². The number of hydrogen-bond acceptors (Lipinski definition) is 5. The van der Waals surface area contributed by atoms with E-state index in [0.29, 0.717) is 39.1 Å². The Morgan fingerprint density at radius 3 is 2.31 bits per heavy atom. The molecule has 2 aliphatic rings. The standard InChI is InChI=1S/C19H25N3O4/c23-17(14-20-19(25)18(24)15-6-12-26-13-7-15)22-10-8-21(9-11-22)16-4-2-1-3-5-16/h1-5,15H,6-14H2,(H,20,25). The highest BCUT2D eigenvalue weighted by atomic mass is 16.5. The third-order valence-electron chi connectivity index (χ3n) is 4.97. The number of ketones is 1. The fourth-order valence-electron chi connectivity index (χ4n) is 3.35. The van der Waals surface area contributed by atoms with E-state index in [4.69, 9.17) is 4.74 Å². The maximum atomic E-state index is 12.3. The average molecular weight is 359 g/mol. The van der Waals surface area contributed by atoms with Crippen molar-refractivity contribution in [1.29, 1.82) is 0 Å². The van der Waals surface area contributed by atoms with Crippen LogP contribution in [-0.4, -0.2) is 68.4 Å². The zero-order valence-corrected chi connectivity index (χ0v) is 14.9. The van der Waals surface area contributed by atoms with Gasteiger partial charge in [0.1, 0.15) is 0 Å². The molecule has 2 fully saturated rings. The normalized spacial score (nSPS) is 18.5. The zero-order chi connectivity index (χ0) is 18.4. The van der Waals surface area contributed by atoms with E-state index in [1.807, 2.05) is 18.2 Å². The molecule has 2 amide bonds. The van der Waals surface area contributed by atoms with Crippen LogP contribution in [0, 0.1) is 5.92 Å². The molecule has 26 heavy (non-hydrogen) atoms. The minimum atomic E-state index is -0.659. The number of para-hydroxylation sites is 1. The molecule has 2 aliphatic heterocycles. The molecule has 0 bridgehead atoms. The third kappa shape index (κ3) is 4.60. The third-order valence-corrected chi connectivity index (χ3v) is 4.97. The van der Waals surface area contributed by atoms with Crippen LogP contribution < -0.4 is 10.2 Å². The van der Waals surface area contributed by atoms with E-state index in [9.17, 15) is 14.4 Å². The fourth-order valence-corrected chi connectivity index (χ4v) is 3.35. The van der Waals surface area contributed by atoms with Crippen LogP contribution >= 0.6 is 0 Å². The first-order chi connectivity index (χ1) is 12.6. The van der Waals surface area contributed by atoms with Crippen molar-refractivity contribution in [2.75, 3.05) is 50.8 Å². The van der Waals surface area contributed by atoms with Crippen molar-refractivity contribution in [2.24, 2.45) is 5.92 Å². The number of carbonyl (C=O) groups excluding carboxylic acids is 3.